The number of carbonyl (C=O) groups excluding carboxylic acids is 1. The van der Waals surface area contributed by atoms with Gasteiger partial charge in [-0.15, -0.1) is 0 Å². The minimum atomic E-state index is -0.140. The van der Waals surface area contributed by atoms with E-state index in [9.17, 15) is 4.79 Å². The second-order valence-corrected chi connectivity index (χ2v) is 8.73. The Morgan fingerprint density at radius 3 is 2.71 bits per heavy atom. The summed E-state index contributed by atoms with van der Waals surface area (Å²) >= 11 is 0. The van der Waals surface area contributed by atoms with Crippen LogP contribution in [0.1, 0.15) is 34.5 Å². The summed E-state index contributed by atoms with van der Waals surface area (Å²) in [7, 11) is 1.99. The van der Waals surface area contributed by atoms with Gasteiger partial charge in [0.15, 0.2) is 0 Å². The molecule has 4 rings (SSSR count). The maximum Gasteiger partial charge on any atom is 0.255 e. The van der Waals surface area contributed by atoms with E-state index in [1.807, 2.05) is 48.3 Å². The molecule has 1 atom stereocenters. The van der Waals surface area contributed by atoms with E-state index in [1.54, 1.807) is 0 Å². The van der Waals surface area contributed by atoms with Crippen LogP contribution in [0.25, 0.3) is 0 Å². The topological polar surface area (TPSA) is 68.6 Å². The van der Waals surface area contributed by atoms with Crippen molar-refractivity contribution in [3.05, 3.63) is 83.9 Å². The van der Waals surface area contributed by atoms with E-state index >= 15 is 0 Å². The Morgan fingerprint density at radius 1 is 1.06 bits per heavy atom. The third kappa shape index (κ3) is 6.92. The number of nitrogens with one attached hydrogen (secondary N) is 1. The van der Waals surface area contributed by atoms with Crippen molar-refractivity contribution in [2.75, 3.05) is 32.9 Å². The average molecular weight is 463 g/mol. The van der Waals surface area contributed by atoms with Crippen LogP contribution in [0, 0.1) is 0 Å². The number of imidazole rings is 1. The first-order chi connectivity index (χ1) is 16.7. The molecule has 7 heteroatoms. The van der Waals surface area contributed by atoms with Gasteiger partial charge in [-0.3, -0.25) is 9.69 Å². The number of hydrogen-bond acceptors (Lipinski definition) is 5. The van der Waals surface area contributed by atoms with Gasteiger partial charge in [0.05, 0.1) is 24.2 Å². The highest BCUT2D eigenvalue weighted by Crippen LogP contribution is 2.21. The Bertz CT molecular complexity index is 1040. The number of hydrogen-bond donors (Lipinski definition) is 1. The lowest BCUT2D eigenvalue weighted by molar-refractivity contribution is 0.0908. The van der Waals surface area contributed by atoms with Gasteiger partial charge in [0.1, 0.15) is 12.4 Å². The van der Waals surface area contributed by atoms with Crippen molar-refractivity contribution in [2.24, 2.45) is 7.05 Å². The maximum absolute atomic E-state index is 12.8. The van der Waals surface area contributed by atoms with Crippen LogP contribution in [0.3, 0.4) is 0 Å². The molecule has 2 aromatic carbocycles. The van der Waals surface area contributed by atoms with E-state index in [1.165, 1.54) is 5.56 Å². The standard InChI is InChI=1S/C27H34N4O3/c1-30-18-23(29-21-30)19-31-14-7-8-15-33-16-13-28-27(32)25-11-5-6-12-26(25)34-20-24(31)17-22-9-3-2-4-10-22/h2-6,9-12,18,21,24H,7-8,13-17,19-20H2,1H3,(H,28,32)/t24-/m0/s1. The third-order valence-corrected chi connectivity index (χ3v) is 6.03. The van der Waals surface area contributed by atoms with Crippen molar-refractivity contribution in [2.45, 2.75) is 31.8 Å². The van der Waals surface area contributed by atoms with Crippen molar-refractivity contribution in [3.63, 3.8) is 0 Å². The van der Waals surface area contributed by atoms with E-state index in [0.29, 0.717) is 37.7 Å². The van der Waals surface area contributed by atoms with E-state index in [-0.39, 0.29) is 11.9 Å². The molecule has 0 saturated carbocycles. The fourth-order valence-electron chi connectivity index (χ4n) is 4.25. The lowest BCUT2D eigenvalue weighted by Gasteiger charge is -2.31. The number of rotatable bonds is 4. The van der Waals surface area contributed by atoms with Crippen LogP contribution < -0.4 is 10.1 Å². The molecule has 1 aromatic heterocycles. The molecule has 7 nitrogen and oxygen atoms in total. The van der Waals surface area contributed by atoms with Crippen molar-refractivity contribution >= 4 is 5.91 Å². The molecule has 1 N–H and O–H groups in total. The minimum Gasteiger partial charge on any atom is -0.491 e. The summed E-state index contributed by atoms with van der Waals surface area (Å²) in [6.07, 6.45) is 6.73. The fourth-order valence-corrected chi connectivity index (χ4v) is 4.25. The van der Waals surface area contributed by atoms with Crippen LogP contribution in [-0.2, 0) is 24.8 Å². The van der Waals surface area contributed by atoms with Gasteiger partial charge in [0, 0.05) is 39.0 Å². The summed E-state index contributed by atoms with van der Waals surface area (Å²) in [6, 6.07) is 18.1. The third-order valence-electron chi connectivity index (χ3n) is 6.03. The van der Waals surface area contributed by atoms with Crippen molar-refractivity contribution < 1.29 is 14.3 Å². The molecule has 0 saturated heterocycles. The maximum atomic E-state index is 12.8. The van der Waals surface area contributed by atoms with Gasteiger partial charge in [0.25, 0.3) is 5.91 Å². The molecule has 0 unspecified atom stereocenters. The van der Waals surface area contributed by atoms with Gasteiger partial charge in [-0.1, -0.05) is 42.5 Å². The average Bonchev–Trinajstić information content (AvgIpc) is 3.27. The zero-order valence-corrected chi connectivity index (χ0v) is 19.9. The highest BCUT2D eigenvalue weighted by molar-refractivity contribution is 5.96. The first kappa shape index (κ1) is 24.0. The van der Waals surface area contributed by atoms with Gasteiger partial charge in [0.2, 0.25) is 0 Å². The summed E-state index contributed by atoms with van der Waals surface area (Å²) in [5.41, 5.74) is 2.84. The second kappa shape index (κ2) is 12.3. The quantitative estimate of drug-likeness (QED) is 0.643. The van der Waals surface area contributed by atoms with E-state index < -0.39 is 0 Å². The van der Waals surface area contributed by atoms with E-state index in [0.717, 1.165) is 38.0 Å². The number of amides is 1. The summed E-state index contributed by atoms with van der Waals surface area (Å²) in [6.45, 7) is 3.80. The zero-order valence-electron chi connectivity index (χ0n) is 19.9. The van der Waals surface area contributed by atoms with E-state index in [2.05, 4.69) is 45.7 Å². The van der Waals surface area contributed by atoms with Crippen LogP contribution in [0.2, 0.25) is 0 Å². The highest BCUT2D eigenvalue weighted by Gasteiger charge is 2.22. The molecule has 1 aliphatic heterocycles. The van der Waals surface area contributed by atoms with Crippen LogP contribution >= 0.6 is 0 Å². The molecule has 0 bridgehead atoms. The molecule has 0 radical (unpaired) electrons. The molecule has 0 spiro atoms. The molecule has 1 amide bonds. The number of benzene rings is 2. The predicted octanol–water partition coefficient (Wildman–Crippen LogP) is 3.45. The lowest BCUT2D eigenvalue weighted by Crippen LogP contribution is -2.41. The number of aryl methyl sites for hydroxylation is 1. The Morgan fingerprint density at radius 2 is 1.88 bits per heavy atom. The Balaban J connectivity index is 1.60. The lowest BCUT2D eigenvalue weighted by atomic mass is 10.0. The van der Waals surface area contributed by atoms with Crippen molar-refractivity contribution in [1.82, 2.24) is 19.8 Å². The van der Waals surface area contributed by atoms with Crippen LogP contribution in [-0.4, -0.2) is 59.3 Å². The summed E-state index contributed by atoms with van der Waals surface area (Å²) in [4.78, 5) is 19.8. The van der Waals surface area contributed by atoms with Gasteiger partial charge in [-0.25, -0.2) is 4.98 Å². The van der Waals surface area contributed by atoms with Gasteiger partial charge < -0.3 is 19.4 Å². The largest absolute Gasteiger partial charge is 0.491 e. The smallest absolute Gasteiger partial charge is 0.255 e. The number of nitrogens with zero attached hydrogens (tertiary/aromatic N) is 3. The molecule has 34 heavy (non-hydrogen) atoms. The molecular weight excluding hydrogens is 428 g/mol. The molecular formula is C27H34N4O3. The molecule has 2 heterocycles. The summed E-state index contributed by atoms with van der Waals surface area (Å²) in [5.74, 6) is 0.464. The predicted molar refractivity (Wildman–Crippen MR) is 132 cm³/mol. The summed E-state index contributed by atoms with van der Waals surface area (Å²) in [5, 5.41) is 2.94. The monoisotopic (exact) mass is 462 g/mol. The Kier molecular flexibility index (Phi) is 8.71. The van der Waals surface area contributed by atoms with Gasteiger partial charge in [-0.2, -0.15) is 0 Å². The molecule has 3 aromatic rings. The Labute approximate surface area is 201 Å². The number of ether oxygens (including phenoxy) is 2. The Hall–Kier alpha value is -3.16. The molecule has 1 aliphatic rings. The van der Waals surface area contributed by atoms with Crippen molar-refractivity contribution in [1.29, 1.82) is 0 Å². The van der Waals surface area contributed by atoms with Crippen LogP contribution in [0.15, 0.2) is 67.1 Å². The number of aromatic nitrogens is 2. The molecule has 0 fully saturated rings. The van der Waals surface area contributed by atoms with E-state index in [4.69, 9.17) is 9.47 Å². The van der Waals surface area contributed by atoms with Gasteiger partial charge >= 0.3 is 0 Å². The van der Waals surface area contributed by atoms with Crippen molar-refractivity contribution in [3.8, 4) is 5.75 Å². The van der Waals surface area contributed by atoms with Crippen LogP contribution in [0.4, 0.5) is 0 Å². The second-order valence-electron chi connectivity index (χ2n) is 8.73. The number of fused-ring (bicyclic) bond motifs is 1. The normalized spacial score (nSPS) is 18.7. The first-order valence-corrected chi connectivity index (χ1v) is 12.0. The zero-order chi connectivity index (χ0) is 23.6. The minimum absolute atomic E-state index is 0.117. The summed E-state index contributed by atoms with van der Waals surface area (Å²) < 4.78 is 14.1. The SMILES string of the molecule is Cn1cnc(CN2CCCCOCCNC(=O)c3ccccc3OC[C@@H]2Cc2ccccc2)c1. The number of para-hydroxylation sites is 1. The first-order valence-electron chi connectivity index (χ1n) is 12.0. The number of carbonyl (C=O) groups is 1. The van der Waals surface area contributed by atoms with Gasteiger partial charge in [-0.05, 0) is 43.5 Å². The van der Waals surface area contributed by atoms with Crippen LogP contribution in [0.5, 0.6) is 5.75 Å². The molecule has 180 valence electrons. The fraction of sp³-hybridized carbons (Fsp3) is 0.407. The highest BCUT2D eigenvalue weighted by atomic mass is 16.5. The molecule has 0 aliphatic carbocycles.